The molecule has 0 aliphatic heterocycles. The second-order valence-corrected chi connectivity index (χ2v) is 8.35. The molecule has 1 amide bonds. The van der Waals surface area contributed by atoms with Gasteiger partial charge < -0.3 is 10.4 Å². The van der Waals surface area contributed by atoms with Gasteiger partial charge in [-0.05, 0) is 66.7 Å². The van der Waals surface area contributed by atoms with Crippen LogP contribution in [0.2, 0.25) is 20.1 Å². The molecular formula is C22H13Cl4N3O3. The molecule has 0 bridgehead atoms. The van der Waals surface area contributed by atoms with E-state index in [9.17, 15) is 14.7 Å². The molecule has 1 aromatic heterocycles. The number of hydrogen-bond donors (Lipinski definition) is 2. The van der Waals surface area contributed by atoms with Crippen LogP contribution in [0, 0.1) is 0 Å². The van der Waals surface area contributed by atoms with E-state index >= 15 is 0 Å². The molecule has 1 heterocycles. The van der Waals surface area contributed by atoms with Crippen LogP contribution in [0.1, 0.15) is 10.4 Å². The Kier molecular flexibility index (Phi) is 6.22. The Balaban J connectivity index is 1.88. The highest BCUT2D eigenvalue weighted by Gasteiger charge is 2.27. The lowest BCUT2D eigenvalue weighted by molar-refractivity contribution is 0.102. The topological polar surface area (TPSA) is 76.3 Å². The van der Waals surface area contributed by atoms with Gasteiger partial charge in [-0.1, -0.05) is 46.4 Å². The quantitative estimate of drug-likeness (QED) is 0.344. The van der Waals surface area contributed by atoms with Crippen molar-refractivity contribution in [1.82, 2.24) is 9.36 Å². The third kappa shape index (κ3) is 4.23. The lowest BCUT2D eigenvalue weighted by Crippen LogP contribution is -2.25. The highest BCUT2D eigenvalue weighted by Crippen LogP contribution is 2.28. The molecule has 0 unspecified atom stereocenters. The first-order valence-corrected chi connectivity index (χ1v) is 10.6. The minimum absolute atomic E-state index is 0.228. The summed E-state index contributed by atoms with van der Waals surface area (Å²) in [5.74, 6) is -1.37. The molecule has 0 saturated carbocycles. The third-order valence-corrected chi connectivity index (χ3v) is 5.82. The Morgan fingerprint density at radius 2 is 1.28 bits per heavy atom. The summed E-state index contributed by atoms with van der Waals surface area (Å²) >= 11 is 23.8. The van der Waals surface area contributed by atoms with Gasteiger partial charge in [0.15, 0.2) is 5.56 Å². The van der Waals surface area contributed by atoms with Crippen LogP contribution in [0.3, 0.4) is 0 Å². The number of carbonyl (C=O) groups excluding carboxylic acids is 1. The van der Waals surface area contributed by atoms with Gasteiger partial charge in [-0.2, -0.15) is 0 Å². The van der Waals surface area contributed by atoms with E-state index in [2.05, 4.69) is 5.32 Å². The van der Waals surface area contributed by atoms with Crippen molar-refractivity contribution < 1.29 is 9.90 Å². The number of hydrogen-bond acceptors (Lipinski definition) is 3. The summed E-state index contributed by atoms with van der Waals surface area (Å²) < 4.78 is 2.38. The summed E-state index contributed by atoms with van der Waals surface area (Å²) in [4.78, 5) is 26.3. The monoisotopic (exact) mass is 507 g/mol. The minimum atomic E-state index is -0.818. The molecular weight excluding hydrogens is 496 g/mol. The summed E-state index contributed by atoms with van der Waals surface area (Å²) in [6.45, 7) is 0. The molecule has 4 rings (SSSR count). The lowest BCUT2D eigenvalue weighted by atomic mass is 10.2. The van der Waals surface area contributed by atoms with E-state index in [1.807, 2.05) is 0 Å². The Morgan fingerprint density at radius 3 is 1.81 bits per heavy atom. The number of nitrogens with one attached hydrogen (secondary N) is 1. The van der Waals surface area contributed by atoms with Gasteiger partial charge >= 0.3 is 0 Å². The fourth-order valence-corrected chi connectivity index (χ4v) is 3.64. The molecule has 10 heteroatoms. The van der Waals surface area contributed by atoms with E-state index in [0.717, 1.165) is 0 Å². The van der Waals surface area contributed by atoms with E-state index in [-0.39, 0.29) is 5.02 Å². The summed E-state index contributed by atoms with van der Waals surface area (Å²) in [6.07, 6.45) is 0. The van der Waals surface area contributed by atoms with Gasteiger partial charge in [0.1, 0.15) is 0 Å². The maximum Gasteiger partial charge on any atom is 0.288 e. The van der Waals surface area contributed by atoms with Crippen molar-refractivity contribution in [1.29, 1.82) is 0 Å². The molecule has 0 fully saturated rings. The first-order valence-electron chi connectivity index (χ1n) is 9.11. The summed E-state index contributed by atoms with van der Waals surface area (Å²) in [6, 6.07) is 17.2. The number of carbonyl (C=O) groups is 1. The maximum atomic E-state index is 13.3. The second-order valence-electron chi connectivity index (χ2n) is 6.66. The number of halogens is 4. The first kappa shape index (κ1) is 22.3. The van der Waals surface area contributed by atoms with Gasteiger partial charge in [0.25, 0.3) is 11.5 Å². The number of amides is 1. The van der Waals surface area contributed by atoms with Gasteiger partial charge in [-0.15, -0.1) is 0 Å². The zero-order valence-electron chi connectivity index (χ0n) is 16.0. The summed E-state index contributed by atoms with van der Waals surface area (Å²) in [5, 5.41) is 15.0. The molecule has 2 N–H and O–H groups in total. The Morgan fingerprint density at radius 1 is 0.750 bits per heavy atom. The van der Waals surface area contributed by atoms with E-state index in [4.69, 9.17) is 46.4 Å². The van der Waals surface area contributed by atoms with Crippen molar-refractivity contribution in [2.75, 3.05) is 5.32 Å². The van der Waals surface area contributed by atoms with Crippen LogP contribution in [0.25, 0.3) is 11.4 Å². The fraction of sp³-hybridized carbons (Fsp3) is 0. The van der Waals surface area contributed by atoms with Gasteiger partial charge in [-0.3, -0.25) is 9.59 Å². The highest BCUT2D eigenvalue weighted by atomic mass is 35.5. The average Bonchev–Trinajstić information content (AvgIpc) is 3.02. The summed E-state index contributed by atoms with van der Waals surface area (Å²) in [7, 11) is 0. The largest absolute Gasteiger partial charge is 0.493 e. The molecule has 0 aliphatic carbocycles. The number of aromatic hydroxyl groups is 1. The SMILES string of the molecule is O=C(Nc1ccc(Cl)c(Cl)c1)c1c(O)n(-c2ccc(Cl)cc2)n(-c2ccc(Cl)cc2)c1=O. The molecule has 0 saturated heterocycles. The smallest absolute Gasteiger partial charge is 0.288 e. The van der Waals surface area contributed by atoms with Crippen LogP contribution < -0.4 is 10.9 Å². The zero-order valence-corrected chi connectivity index (χ0v) is 19.0. The normalized spacial score (nSPS) is 10.9. The van der Waals surface area contributed by atoms with Gasteiger partial charge in [0, 0.05) is 15.7 Å². The Hall–Kier alpha value is -2.90. The van der Waals surface area contributed by atoms with Crippen LogP contribution in [0.4, 0.5) is 5.69 Å². The molecule has 0 spiro atoms. The predicted octanol–water partition coefficient (Wildman–Crippen LogP) is 6.20. The minimum Gasteiger partial charge on any atom is -0.493 e. The number of anilines is 1. The van der Waals surface area contributed by atoms with Gasteiger partial charge in [-0.25, -0.2) is 9.36 Å². The molecule has 32 heavy (non-hydrogen) atoms. The van der Waals surface area contributed by atoms with E-state index in [0.29, 0.717) is 32.1 Å². The lowest BCUT2D eigenvalue weighted by Gasteiger charge is -2.12. The van der Waals surface area contributed by atoms with Crippen molar-refractivity contribution >= 4 is 58.0 Å². The van der Waals surface area contributed by atoms with Crippen LogP contribution in [0.5, 0.6) is 5.88 Å². The summed E-state index contributed by atoms with van der Waals surface area (Å²) in [5.41, 5.74) is -0.0930. The third-order valence-electron chi connectivity index (χ3n) is 4.58. The Labute approximate surface area is 202 Å². The van der Waals surface area contributed by atoms with Crippen molar-refractivity contribution in [3.63, 3.8) is 0 Å². The van der Waals surface area contributed by atoms with Crippen LogP contribution in [0.15, 0.2) is 71.5 Å². The second kappa shape index (κ2) is 8.92. The van der Waals surface area contributed by atoms with E-state index in [1.54, 1.807) is 48.5 Å². The number of aromatic nitrogens is 2. The molecule has 3 aromatic carbocycles. The number of benzene rings is 3. The van der Waals surface area contributed by atoms with E-state index in [1.165, 1.54) is 27.6 Å². The first-order chi connectivity index (χ1) is 15.3. The van der Waals surface area contributed by atoms with Crippen LogP contribution in [-0.4, -0.2) is 20.4 Å². The van der Waals surface area contributed by atoms with Crippen molar-refractivity contribution in [2.24, 2.45) is 0 Å². The zero-order chi connectivity index (χ0) is 23.0. The average molecular weight is 509 g/mol. The molecule has 4 aromatic rings. The van der Waals surface area contributed by atoms with Crippen molar-refractivity contribution in [3.05, 3.63) is 103 Å². The van der Waals surface area contributed by atoms with Crippen molar-refractivity contribution in [3.8, 4) is 17.3 Å². The number of nitrogens with zero attached hydrogens (tertiary/aromatic N) is 2. The number of rotatable bonds is 4. The Bertz CT molecular complexity index is 1380. The van der Waals surface area contributed by atoms with Crippen LogP contribution >= 0.6 is 46.4 Å². The molecule has 162 valence electrons. The van der Waals surface area contributed by atoms with Gasteiger partial charge in [0.05, 0.1) is 21.4 Å². The molecule has 0 radical (unpaired) electrons. The fourth-order valence-electron chi connectivity index (χ4n) is 3.09. The highest BCUT2D eigenvalue weighted by molar-refractivity contribution is 6.42. The molecule has 0 atom stereocenters. The standard InChI is InChI=1S/C22H13Cl4N3O3/c23-12-1-6-15(7-2-12)28-21(31)19(20(30)27-14-5-10-17(25)18(26)11-14)22(32)29(28)16-8-3-13(24)4-9-16/h1-11,31H,(H,27,30). The van der Waals surface area contributed by atoms with E-state index < -0.39 is 22.9 Å². The predicted molar refractivity (Wildman–Crippen MR) is 127 cm³/mol. The van der Waals surface area contributed by atoms with Crippen molar-refractivity contribution in [2.45, 2.75) is 0 Å². The maximum absolute atomic E-state index is 13.3. The van der Waals surface area contributed by atoms with Gasteiger partial charge in [0.2, 0.25) is 5.88 Å². The van der Waals surface area contributed by atoms with Crippen LogP contribution in [-0.2, 0) is 0 Å². The molecule has 6 nitrogen and oxygen atoms in total. The molecule has 0 aliphatic rings.